The fraction of sp³-hybridized carbons (Fsp3) is 0.364. The Morgan fingerprint density at radius 2 is 2.00 bits per heavy atom. The minimum atomic E-state index is -0.286. The number of anilines is 1. The van der Waals surface area contributed by atoms with E-state index in [0.717, 1.165) is 27.7 Å². The molecule has 1 aliphatic rings. The van der Waals surface area contributed by atoms with Crippen LogP contribution in [0.1, 0.15) is 31.4 Å². The van der Waals surface area contributed by atoms with E-state index in [0.29, 0.717) is 11.5 Å². The second-order valence-electron chi connectivity index (χ2n) is 7.68. The van der Waals surface area contributed by atoms with Gasteiger partial charge in [-0.1, -0.05) is 34.1 Å². The van der Waals surface area contributed by atoms with E-state index in [2.05, 4.69) is 26.6 Å². The second-order valence-corrected chi connectivity index (χ2v) is 8.59. The van der Waals surface area contributed by atoms with Crippen LogP contribution >= 0.6 is 15.9 Å². The van der Waals surface area contributed by atoms with Crippen molar-refractivity contribution in [3.63, 3.8) is 0 Å². The van der Waals surface area contributed by atoms with Crippen LogP contribution in [0.5, 0.6) is 11.5 Å². The van der Waals surface area contributed by atoms with Crippen LogP contribution in [0.25, 0.3) is 0 Å². The summed E-state index contributed by atoms with van der Waals surface area (Å²) < 4.78 is 12.5. The molecule has 6 nitrogen and oxygen atoms in total. The van der Waals surface area contributed by atoms with E-state index in [1.54, 1.807) is 6.07 Å². The van der Waals surface area contributed by atoms with E-state index in [9.17, 15) is 9.59 Å². The van der Waals surface area contributed by atoms with Crippen LogP contribution in [0, 0.1) is 6.92 Å². The van der Waals surface area contributed by atoms with Crippen molar-refractivity contribution in [3.05, 3.63) is 52.0 Å². The number of hydrogen-bond donors (Lipinski definition) is 2. The molecule has 0 radical (unpaired) electrons. The van der Waals surface area contributed by atoms with Crippen molar-refractivity contribution in [2.75, 3.05) is 18.5 Å². The zero-order valence-electron chi connectivity index (χ0n) is 16.8. The third-order valence-electron chi connectivity index (χ3n) is 4.56. The highest BCUT2D eigenvalue weighted by Gasteiger charge is 2.32. The smallest absolute Gasteiger partial charge is 0.257 e. The Labute approximate surface area is 179 Å². The molecule has 2 amide bonds. The number of carbonyl (C=O) groups excluding carboxylic acids is 2. The van der Waals surface area contributed by atoms with Gasteiger partial charge in [-0.25, -0.2) is 0 Å². The molecule has 1 heterocycles. The maximum Gasteiger partial charge on any atom is 0.257 e. The molecule has 1 aliphatic heterocycles. The van der Waals surface area contributed by atoms with E-state index < -0.39 is 0 Å². The lowest BCUT2D eigenvalue weighted by Crippen LogP contribution is -2.31. The third-order valence-corrected chi connectivity index (χ3v) is 5.05. The topological polar surface area (TPSA) is 76.7 Å². The first-order chi connectivity index (χ1) is 13.7. The number of fused-ring (bicyclic) bond motifs is 1. The average molecular weight is 461 g/mol. The predicted octanol–water partition coefficient (Wildman–Crippen LogP) is 3.99. The highest BCUT2D eigenvalue weighted by Crippen LogP contribution is 2.41. The second kappa shape index (κ2) is 8.86. The Bertz CT molecular complexity index is 927. The van der Waals surface area contributed by atoms with Crippen molar-refractivity contribution < 1.29 is 19.1 Å². The first kappa shape index (κ1) is 21.2. The van der Waals surface area contributed by atoms with Gasteiger partial charge in [-0.05, 0) is 44.5 Å². The minimum absolute atomic E-state index is 0.132. The van der Waals surface area contributed by atoms with Crippen LogP contribution in [0.2, 0.25) is 0 Å². The summed E-state index contributed by atoms with van der Waals surface area (Å²) in [5.41, 5.74) is 2.52. The van der Waals surface area contributed by atoms with Gasteiger partial charge in [0.25, 0.3) is 5.91 Å². The van der Waals surface area contributed by atoms with Crippen molar-refractivity contribution in [1.82, 2.24) is 5.32 Å². The lowest BCUT2D eigenvalue weighted by molar-refractivity contribution is -0.123. The number of halogens is 1. The summed E-state index contributed by atoms with van der Waals surface area (Å²) in [5, 5.41) is 5.56. The minimum Gasteiger partial charge on any atom is -0.483 e. The predicted molar refractivity (Wildman–Crippen MR) is 115 cm³/mol. The fourth-order valence-electron chi connectivity index (χ4n) is 3.15. The van der Waals surface area contributed by atoms with Gasteiger partial charge in [-0.3, -0.25) is 9.59 Å². The number of carbonyl (C=O) groups is 2. The quantitative estimate of drug-likeness (QED) is 0.654. The molecule has 0 saturated carbocycles. The summed E-state index contributed by atoms with van der Waals surface area (Å²) in [4.78, 5) is 24.2. The van der Waals surface area contributed by atoms with Gasteiger partial charge in [0.1, 0.15) is 5.60 Å². The first-order valence-corrected chi connectivity index (χ1v) is 10.3. The number of ether oxygens (including phenoxy) is 2. The monoisotopic (exact) mass is 460 g/mol. The molecular formula is C22H25BrN2O4. The molecule has 2 N–H and O–H groups in total. The standard InChI is InChI=1S/C22H25BrN2O4/c1-14-7-8-16(23)11-17(14)25-19(26)9-10-24-20(27)13-28-18-6-4-5-15-12-22(2,3)29-21(15)18/h4-8,11H,9-10,12-13H2,1-3H3,(H,24,27)(H,25,26). The van der Waals surface area contributed by atoms with E-state index in [1.165, 1.54) is 0 Å². The molecular weight excluding hydrogens is 436 g/mol. The number of aryl methyl sites for hydroxylation is 1. The normalized spacial score (nSPS) is 13.9. The van der Waals surface area contributed by atoms with E-state index >= 15 is 0 Å². The molecule has 0 fully saturated rings. The fourth-order valence-corrected chi connectivity index (χ4v) is 3.51. The van der Waals surface area contributed by atoms with Gasteiger partial charge in [-0.2, -0.15) is 0 Å². The Morgan fingerprint density at radius 1 is 1.21 bits per heavy atom. The molecule has 0 saturated heterocycles. The van der Waals surface area contributed by atoms with Crippen LogP contribution in [0.3, 0.4) is 0 Å². The zero-order valence-corrected chi connectivity index (χ0v) is 18.4. The number of rotatable bonds is 7. The molecule has 0 bridgehead atoms. The maximum absolute atomic E-state index is 12.1. The van der Waals surface area contributed by atoms with Crippen molar-refractivity contribution >= 4 is 33.4 Å². The van der Waals surface area contributed by atoms with E-state index in [4.69, 9.17) is 9.47 Å². The van der Waals surface area contributed by atoms with Crippen molar-refractivity contribution in [2.45, 2.75) is 39.2 Å². The van der Waals surface area contributed by atoms with Crippen LogP contribution in [0.15, 0.2) is 40.9 Å². The summed E-state index contributed by atoms with van der Waals surface area (Å²) in [6.07, 6.45) is 0.980. The Balaban J connectivity index is 1.43. The lowest BCUT2D eigenvalue weighted by Gasteiger charge is -2.18. The van der Waals surface area contributed by atoms with Crippen molar-refractivity contribution in [2.24, 2.45) is 0 Å². The van der Waals surface area contributed by atoms with Crippen LogP contribution in [-0.4, -0.2) is 30.6 Å². The van der Waals surface area contributed by atoms with Crippen molar-refractivity contribution in [1.29, 1.82) is 0 Å². The maximum atomic E-state index is 12.1. The number of hydrogen-bond acceptors (Lipinski definition) is 4. The molecule has 0 atom stereocenters. The van der Waals surface area contributed by atoms with Gasteiger partial charge in [0.2, 0.25) is 5.91 Å². The summed E-state index contributed by atoms with van der Waals surface area (Å²) in [5.74, 6) is 0.815. The molecule has 0 aromatic heterocycles. The largest absolute Gasteiger partial charge is 0.483 e. The van der Waals surface area contributed by atoms with E-state index in [1.807, 2.05) is 51.1 Å². The molecule has 29 heavy (non-hydrogen) atoms. The average Bonchev–Trinajstić information content (AvgIpc) is 2.97. The van der Waals surface area contributed by atoms with Crippen LogP contribution < -0.4 is 20.1 Å². The molecule has 154 valence electrons. The van der Waals surface area contributed by atoms with Gasteiger partial charge >= 0.3 is 0 Å². The highest BCUT2D eigenvalue weighted by molar-refractivity contribution is 9.10. The number of benzene rings is 2. The molecule has 2 aromatic rings. The Morgan fingerprint density at radius 3 is 2.79 bits per heavy atom. The first-order valence-electron chi connectivity index (χ1n) is 9.50. The molecule has 0 unspecified atom stereocenters. The molecule has 0 spiro atoms. The van der Waals surface area contributed by atoms with E-state index in [-0.39, 0.29) is 37.0 Å². The van der Waals surface area contributed by atoms with Gasteiger partial charge in [0.05, 0.1) is 0 Å². The SMILES string of the molecule is Cc1ccc(Br)cc1NC(=O)CCNC(=O)COc1cccc2c1OC(C)(C)C2. The van der Waals surface area contributed by atoms with Crippen LogP contribution in [0.4, 0.5) is 5.69 Å². The van der Waals surface area contributed by atoms with Gasteiger partial charge in [0, 0.05) is 35.1 Å². The van der Waals surface area contributed by atoms with Crippen molar-refractivity contribution in [3.8, 4) is 11.5 Å². The lowest BCUT2D eigenvalue weighted by atomic mass is 10.0. The Kier molecular flexibility index (Phi) is 6.47. The number of para-hydroxylation sites is 1. The number of amides is 2. The summed E-state index contributed by atoms with van der Waals surface area (Å²) in [7, 11) is 0. The summed E-state index contributed by atoms with van der Waals surface area (Å²) in [6.45, 7) is 6.06. The summed E-state index contributed by atoms with van der Waals surface area (Å²) >= 11 is 3.39. The number of nitrogens with one attached hydrogen (secondary N) is 2. The van der Waals surface area contributed by atoms with Gasteiger partial charge in [-0.15, -0.1) is 0 Å². The van der Waals surface area contributed by atoms with Crippen LogP contribution in [-0.2, 0) is 16.0 Å². The molecule has 0 aliphatic carbocycles. The highest BCUT2D eigenvalue weighted by atomic mass is 79.9. The summed E-state index contributed by atoms with van der Waals surface area (Å²) in [6, 6.07) is 11.4. The van der Waals surface area contributed by atoms with Gasteiger partial charge < -0.3 is 20.1 Å². The Hall–Kier alpha value is -2.54. The third kappa shape index (κ3) is 5.73. The molecule has 3 rings (SSSR count). The zero-order chi connectivity index (χ0) is 21.0. The van der Waals surface area contributed by atoms with Gasteiger partial charge in [0.15, 0.2) is 18.1 Å². The molecule has 2 aromatic carbocycles. The molecule has 7 heteroatoms.